The number of benzene rings is 2. The van der Waals surface area contributed by atoms with Gasteiger partial charge in [0.05, 0.1) is 19.0 Å². The number of hydrazone groups is 1. The van der Waals surface area contributed by atoms with Crippen LogP contribution >= 0.6 is 15.9 Å². The predicted octanol–water partition coefficient (Wildman–Crippen LogP) is 3.90. The van der Waals surface area contributed by atoms with E-state index in [2.05, 4.69) is 26.5 Å². The number of anilines is 1. The summed E-state index contributed by atoms with van der Waals surface area (Å²) < 4.78 is 6.28. The highest BCUT2D eigenvalue weighted by Crippen LogP contribution is 2.16. The summed E-state index contributed by atoms with van der Waals surface area (Å²) in [4.78, 5) is 0. The molecule has 2 aromatic rings. The molecule has 0 unspecified atom stereocenters. The third kappa shape index (κ3) is 3.34. The number of methoxy groups -OCH3 is 1. The quantitative estimate of drug-likeness (QED) is 0.686. The molecule has 0 radical (unpaired) electrons. The van der Waals surface area contributed by atoms with Crippen LogP contribution in [0.25, 0.3) is 0 Å². The highest BCUT2D eigenvalue weighted by atomic mass is 79.9. The number of hydrogen-bond donors (Lipinski definition) is 1. The van der Waals surface area contributed by atoms with E-state index in [-0.39, 0.29) is 0 Å². The molecule has 0 atom stereocenters. The van der Waals surface area contributed by atoms with Crippen molar-refractivity contribution < 1.29 is 4.74 Å². The molecule has 0 fully saturated rings. The van der Waals surface area contributed by atoms with Crippen LogP contribution in [0.1, 0.15) is 5.56 Å². The molecule has 0 aliphatic carbocycles. The Labute approximate surface area is 115 Å². The second-order valence-electron chi connectivity index (χ2n) is 3.62. The van der Waals surface area contributed by atoms with E-state index < -0.39 is 0 Å². The third-order valence-electron chi connectivity index (χ3n) is 2.38. The van der Waals surface area contributed by atoms with E-state index in [9.17, 15) is 0 Å². The van der Waals surface area contributed by atoms with Crippen molar-refractivity contribution in [2.45, 2.75) is 0 Å². The molecule has 92 valence electrons. The second-order valence-corrected chi connectivity index (χ2v) is 4.53. The minimum absolute atomic E-state index is 0.804. The predicted molar refractivity (Wildman–Crippen MR) is 78.4 cm³/mol. The van der Waals surface area contributed by atoms with Gasteiger partial charge in [0.15, 0.2) is 0 Å². The second kappa shape index (κ2) is 6.21. The first-order valence-corrected chi connectivity index (χ1v) is 6.26. The Morgan fingerprint density at radius 3 is 2.56 bits per heavy atom. The number of ether oxygens (including phenoxy) is 1. The van der Waals surface area contributed by atoms with E-state index in [1.165, 1.54) is 0 Å². The van der Waals surface area contributed by atoms with E-state index in [0.717, 1.165) is 21.5 Å². The number of nitrogens with zero attached hydrogens (tertiary/aromatic N) is 1. The van der Waals surface area contributed by atoms with E-state index in [0.29, 0.717) is 0 Å². The molecule has 4 heteroatoms. The van der Waals surface area contributed by atoms with Gasteiger partial charge < -0.3 is 4.74 Å². The van der Waals surface area contributed by atoms with Crippen molar-refractivity contribution in [1.29, 1.82) is 0 Å². The first-order valence-electron chi connectivity index (χ1n) is 5.47. The smallest absolute Gasteiger partial charge is 0.127 e. The van der Waals surface area contributed by atoms with Crippen LogP contribution in [-0.4, -0.2) is 13.3 Å². The maximum atomic E-state index is 5.24. The van der Waals surface area contributed by atoms with Crippen molar-refractivity contribution in [3.8, 4) is 5.75 Å². The van der Waals surface area contributed by atoms with E-state index in [4.69, 9.17) is 4.74 Å². The summed E-state index contributed by atoms with van der Waals surface area (Å²) in [7, 11) is 1.65. The van der Waals surface area contributed by atoms with Crippen LogP contribution in [-0.2, 0) is 0 Å². The summed E-state index contributed by atoms with van der Waals surface area (Å²) in [5.74, 6) is 0.804. The topological polar surface area (TPSA) is 33.6 Å². The average Bonchev–Trinajstić information content (AvgIpc) is 2.41. The van der Waals surface area contributed by atoms with Crippen molar-refractivity contribution >= 4 is 27.8 Å². The maximum Gasteiger partial charge on any atom is 0.127 e. The first-order chi connectivity index (χ1) is 8.79. The molecule has 18 heavy (non-hydrogen) atoms. The molecule has 2 aromatic carbocycles. The van der Waals surface area contributed by atoms with Crippen LogP contribution in [0.15, 0.2) is 58.1 Å². The van der Waals surface area contributed by atoms with Crippen LogP contribution < -0.4 is 10.2 Å². The number of hydrogen-bond acceptors (Lipinski definition) is 3. The molecule has 0 saturated carbocycles. The highest BCUT2D eigenvalue weighted by Gasteiger charge is 1.97. The molecule has 0 bridgehead atoms. The molecule has 2 rings (SSSR count). The molecular weight excluding hydrogens is 292 g/mol. The minimum atomic E-state index is 0.804. The Morgan fingerprint density at radius 2 is 1.83 bits per heavy atom. The lowest BCUT2D eigenvalue weighted by Gasteiger charge is -2.03. The van der Waals surface area contributed by atoms with Gasteiger partial charge in [-0.25, -0.2) is 0 Å². The lowest BCUT2D eigenvalue weighted by atomic mass is 10.2. The van der Waals surface area contributed by atoms with Crippen molar-refractivity contribution in [2.75, 3.05) is 12.5 Å². The highest BCUT2D eigenvalue weighted by molar-refractivity contribution is 9.10. The van der Waals surface area contributed by atoms with Gasteiger partial charge in [-0.1, -0.05) is 28.1 Å². The number of para-hydroxylation sites is 1. The third-order valence-corrected chi connectivity index (χ3v) is 2.91. The Hall–Kier alpha value is -1.81. The van der Waals surface area contributed by atoms with Crippen molar-refractivity contribution in [3.05, 3.63) is 58.6 Å². The van der Waals surface area contributed by atoms with Gasteiger partial charge >= 0.3 is 0 Å². The lowest BCUT2D eigenvalue weighted by molar-refractivity contribution is 0.414. The molecule has 3 nitrogen and oxygen atoms in total. The summed E-state index contributed by atoms with van der Waals surface area (Å²) in [6.45, 7) is 0. The van der Waals surface area contributed by atoms with Gasteiger partial charge in [-0.2, -0.15) is 5.10 Å². The number of nitrogens with one attached hydrogen (secondary N) is 1. The SMILES string of the molecule is COc1ccccc1/C=N/Nc1ccc(Br)cc1. The Balaban J connectivity index is 2.05. The Morgan fingerprint density at radius 1 is 1.11 bits per heavy atom. The monoisotopic (exact) mass is 304 g/mol. The Bertz CT molecular complexity index is 538. The van der Waals surface area contributed by atoms with Gasteiger partial charge in [0, 0.05) is 10.0 Å². The van der Waals surface area contributed by atoms with Gasteiger partial charge in [-0.15, -0.1) is 0 Å². The van der Waals surface area contributed by atoms with Crippen molar-refractivity contribution in [3.63, 3.8) is 0 Å². The van der Waals surface area contributed by atoms with Crippen LogP contribution in [0.4, 0.5) is 5.69 Å². The molecule has 0 heterocycles. The number of rotatable bonds is 4. The zero-order valence-corrected chi connectivity index (χ0v) is 11.5. The van der Waals surface area contributed by atoms with Crippen LogP contribution in [0, 0.1) is 0 Å². The van der Waals surface area contributed by atoms with Crippen LogP contribution in [0.5, 0.6) is 5.75 Å². The average molecular weight is 305 g/mol. The summed E-state index contributed by atoms with van der Waals surface area (Å²) in [5.41, 5.74) is 4.83. The van der Waals surface area contributed by atoms with Gasteiger partial charge in [0.2, 0.25) is 0 Å². The molecule has 0 aliphatic rings. The zero-order valence-electron chi connectivity index (χ0n) is 9.93. The summed E-state index contributed by atoms with van der Waals surface area (Å²) in [6.07, 6.45) is 1.74. The van der Waals surface area contributed by atoms with Crippen molar-refractivity contribution in [1.82, 2.24) is 0 Å². The lowest BCUT2D eigenvalue weighted by Crippen LogP contribution is -1.93. The summed E-state index contributed by atoms with van der Waals surface area (Å²) in [6, 6.07) is 15.5. The van der Waals surface area contributed by atoms with Crippen LogP contribution in [0.2, 0.25) is 0 Å². The summed E-state index contributed by atoms with van der Waals surface area (Å²) >= 11 is 3.39. The standard InChI is InChI=1S/C14H13BrN2O/c1-18-14-5-3-2-4-11(14)10-16-17-13-8-6-12(15)7-9-13/h2-10,17H,1H3/b16-10+. The number of halogens is 1. The molecule has 1 N–H and O–H groups in total. The fourth-order valence-electron chi connectivity index (χ4n) is 1.47. The first kappa shape index (κ1) is 12.6. The molecular formula is C14H13BrN2O. The zero-order chi connectivity index (χ0) is 12.8. The molecule has 0 amide bonds. The van der Waals surface area contributed by atoms with E-state index in [1.807, 2.05) is 48.5 Å². The van der Waals surface area contributed by atoms with Gasteiger partial charge in [0.1, 0.15) is 5.75 Å². The van der Waals surface area contributed by atoms with Gasteiger partial charge in [-0.3, -0.25) is 5.43 Å². The van der Waals surface area contributed by atoms with Gasteiger partial charge in [0.25, 0.3) is 0 Å². The normalized spacial score (nSPS) is 10.6. The summed E-state index contributed by atoms with van der Waals surface area (Å²) in [5, 5.41) is 4.18. The maximum absolute atomic E-state index is 5.24. The van der Waals surface area contributed by atoms with E-state index >= 15 is 0 Å². The molecule has 0 aromatic heterocycles. The van der Waals surface area contributed by atoms with E-state index in [1.54, 1.807) is 13.3 Å². The largest absolute Gasteiger partial charge is 0.496 e. The van der Waals surface area contributed by atoms with Crippen molar-refractivity contribution in [2.24, 2.45) is 5.10 Å². The fourth-order valence-corrected chi connectivity index (χ4v) is 1.74. The minimum Gasteiger partial charge on any atom is -0.496 e. The molecule has 0 aliphatic heterocycles. The molecule has 0 spiro atoms. The Kier molecular flexibility index (Phi) is 4.36. The van der Waals surface area contributed by atoms with Crippen LogP contribution in [0.3, 0.4) is 0 Å². The molecule has 0 saturated heterocycles. The van der Waals surface area contributed by atoms with Gasteiger partial charge in [-0.05, 0) is 36.4 Å². The fraction of sp³-hybridized carbons (Fsp3) is 0.0714.